The highest BCUT2D eigenvalue weighted by Gasteiger charge is 2.54. The molecule has 2 unspecified atom stereocenters. The third kappa shape index (κ3) is 5.45. The molecule has 0 bridgehead atoms. The Morgan fingerprint density at radius 2 is 1.93 bits per heavy atom. The highest BCUT2D eigenvalue weighted by atomic mass is 16.6. The number of hydrogen-bond acceptors (Lipinski definition) is 4. The smallest absolute Gasteiger partial charge is 0.411 e. The second kappa shape index (κ2) is 8.74. The lowest BCUT2D eigenvalue weighted by Gasteiger charge is -2.36. The fourth-order valence-corrected chi connectivity index (χ4v) is 3.31. The van der Waals surface area contributed by atoms with E-state index in [1.165, 1.54) is 4.90 Å². The monoisotopic (exact) mass is 377 g/mol. The second-order valence-electron chi connectivity index (χ2n) is 8.50. The van der Waals surface area contributed by atoms with E-state index in [2.05, 4.69) is 20.8 Å². The molecule has 1 amide bonds. The minimum atomic E-state index is -1.38. The van der Waals surface area contributed by atoms with Crippen molar-refractivity contribution in [2.45, 2.75) is 65.1 Å². The minimum absolute atomic E-state index is 0.0413. The van der Waals surface area contributed by atoms with E-state index in [9.17, 15) is 14.7 Å². The van der Waals surface area contributed by atoms with Crippen LogP contribution in [-0.4, -0.2) is 46.9 Å². The number of likely N-dealkylation sites (tertiary alicyclic amines) is 1. The molecule has 6 heteroatoms. The van der Waals surface area contributed by atoms with Crippen LogP contribution < -0.4 is 0 Å². The summed E-state index contributed by atoms with van der Waals surface area (Å²) < 4.78 is 11.1. The van der Waals surface area contributed by atoms with Gasteiger partial charge in [-0.15, -0.1) is 0 Å². The van der Waals surface area contributed by atoms with Crippen LogP contribution in [-0.2, 0) is 20.9 Å². The van der Waals surface area contributed by atoms with Crippen LogP contribution in [0.3, 0.4) is 0 Å². The summed E-state index contributed by atoms with van der Waals surface area (Å²) in [5.74, 6) is -1.05. The van der Waals surface area contributed by atoms with Crippen molar-refractivity contribution in [2.24, 2.45) is 5.41 Å². The van der Waals surface area contributed by atoms with Gasteiger partial charge in [-0.05, 0) is 37.2 Å². The van der Waals surface area contributed by atoms with Crippen molar-refractivity contribution < 1.29 is 24.2 Å². The molecule has 1 aliphatic rings. The number of ether oxygens (including phenoxy) is 2. The molecule has 0 aromatic heterocycles. The Morgan fingerprint density at radius 3 is 2.52 bits per heavy atom. The van der Waals surface area contributed by atoms with Crippen molar-refractivity contribution in [1.29, 1.82) is 0 Å². The molecular weight excluding hydrogens is 346 g/mol. The lowest BCUT2D eigenvalue weighted by Crippen LogP contribution is -2.58. The van der Waals surface area contributed by atoms with Crippen molar-refractivity contribution >= 4 is 12.1 Å². The largest absolute Gasteiger partial charge is 0.479 e. The standard InChI is InChI=1S/C21H31NO5/c1-16-10-11-21(18(23)24,15-26-14-17-8-6-5-7-9-17)22(16)19(25)27-13-12-20(2,3)4/h5-9,16H,10-15H2,1-4H3,(H,23,24). The summed E-state index contributed by atoms with van der Waals surface area (Å²) in [6.07, 6.45) is 1.10. The van der Waals surface area contributed by atoms with Crippen LogP contribution in [0.1, 0.15) is 52.5 Å². The number of nitrogens with zero attached hydrogens (tertiary/aromatic N) is 1. The van der Waals surface area contributed by atoms with Gasteiger partial charge in [0.25, 0.3) is 0 Å². The molecule has 1 saturated heterocycles. The Morgan fingerprint density at radius 1 is 1.26 bits per heavy atom. The van der Waals surface area contributed by atoms with Gasteiger partial charge >= 0.3 is 12.1 Å². The summed E-state index contributed by atoms with van der Waals surface area (Å²) in [6, 6.07) is 9.36. The Hall–Kier alpha value is -2.08. The fourth-order valence-electron chi connectivity index (χ4n) is 3.31. The first-order valence-corrected chi connectivity index (χ1v) is 9.47. The fraction of sp³-hybridized carbons (Fsp3) is 0.619. The average Bonchev–Trinajstić information content (AvgIpc) is 2.92. The number of aliphatic carboxylic acids is 1. The molecule has 1 aliphatic heterocycles. The predicted molar refractivity (Wildman–Crippen MR) is 102 cm³/mol. The Bertz CT molecular complexity index is 640. The number of rotatable bonds is 7. The second-order valence-corrected chi connectivity index (χ2v) is 8.50. The van der Waals surface area contributed by atoms with E-state index in [0.717, 1.165) is 5.56 Å². The summed E-state index contributed by atoms with van der Waals surface area (Å²) in [6.45, 7) is 8.57. The molecule has 1 N–H and O–H groups in total. The van der Waals surface area contributed by atoms with E-state index in [1.54, 1.807) is 0 Å². The van der Waals surface area contributed by atoms with Crippen LogP contribution in [0.4, 0.5) is 4.79 Å². The molecule has 2 atom stereocenters. The molecule has 0 saturated carbocycles. The van der Waals surface area contributed by atoms with Gasteiger partial charge in [0, 0.05) is 6.04 Å². The first-order chi connectivity index (χ1) is 12.7. The van der Waals surface area contributed by atoms with E-state index >= 15 is 0 Å². The zero-order valence-corrected chi connectivity index (χ0v) is 16.7. The normalized spacial score (nSPS) is 22.7. The lowest BCUT2D eigenvalue weighted by molar-refractivity contribution is -0.154. The highest BCUT2D eigenvalue weighted by molar-refractivity contribution is 5.85. The van der Waals surface area contributed by atoms with Crippen molar-refractivity contribution in [2.75, 3.05) is 13.2 Å². The molecule has 0 radical (unpaired) electrons. The first-order valence-electron chi connectivity index (χ1n) is 9.47. The average molecular weight is 377 g/mol. The molecule has 6 nitrogen and oxygen atoms in total. The van der Waals surface area contributed by atoms with Gasteiger partial charge in [-0.25, -0.2) is 9.59 Å². The van der Waals surface area contributed by atoms with Gasteiger partial charge in [0.1, 0.15) is 0 Å². The Balaban J connectivity index is 2.05. The molecule has 1 aromatic carbocycles. The quantitative estimate of drug-likeness (QED) is 0.775. The Labute approximate surface area is 161 Å². The number of benzene rings is 1. The van der Waals surface area contributed by atoms with Gasteiger partial charge in [-0.3, -0.25) is 4.90 Å². The number of carbonyl (C=O) groups is 2. The molecule has 2 rings (SSSR count). The maximum Gasteiger partial charge on any atom is 0.411 e. The first kappa shape index (κ1) is 21.2. The van der Waals surface area contributed by atoms with Crippen molar-refractivity contribution in [3.05, 3.63) is 35.9 Å². The molecule has 1 aromatic rings. The third-order valence-corrected chi connectivity index (χ3v) is 5.00. The van der Waals surface area contributed by atoms with E-state index in [1.807, 2.05) is 37.3 Å². The zero-order valence-electron chi connectivity index (χ0n) is 16.7. The van der Waals surface area contributed by atoms with Crippen LogP contribution in [0.5, 0.6) is 0 Å². The summed E-state index contributed by atoms with van der Waals surface area (Å²) in [5, 5.41) is 9.92. The number of amides is 1. The SMILES string of the molecule is CC1CCC(COCc2ccccc2)(C(=O)O)N1C(=O)OCCC(C)(C)C. The predicted octanol–water partition coefficient (Wildman–Crippen LogP) is 4.08. The molecule has 0 spiro atoms. The summed E-state index contributed by atoms with van der Waals surface area (Å²) in [7, 11) is 0. The zero-order chi connectivity index (χ0) is 20.1. The highest BCUT2D eigenvalue weighted by Crippen LogP contribution is 2.36. The molecule has 1 fully saturated rings. The lowest BCUT2D eigenvalue weighted by atomic mass is 9.93. The summed E-state index contributed by atoms with van der Waals surface area (Å²) in [5.41, 5.74) is -0.379. The van der Waals surface area contributed by atoms with Crippen molar-refractivity contribution in [3.63, 3.8) is 0 Å². The Kier molecular flexibility index (Phi) is 6.87. The number of hydrogen-bond donors (Lipinski definition) is 1. The van der Waals surface area contributed by atoms with Gasteiger partial charge in [-0.1, -0.05) is 51.1 Å². The summed E-state index contributed by atoms with van der Waals surface area (Å²) in [4.78, 5) is 26.2. The van der Waals surface area contributed by atoms with Crippen LogP contribution >= 0.6 is 0 Å². The molecule has 150 valence electrons. The van der Waals surface area contributed by atoms with E-state index in [0.29, 0.717) is 25.9 Å². The van der Waals surface area contributed by atoms with Gasteiger partial charge in [-0.2, -0.15) is 0 Å². The van der Waals surface area contributed by atoms with E-state index < -0.39 is 17.6 Å². The minimum Gasteiger partial charge on any atom is -0.479 e. The third-order valence-electron chi connectivity index (χ3n) is 5.00. The number of carboxylic acid groups (broad SMARTS) is 1. The maximum atomic E-state index is 12.7. The maximum absolute atomic E-state index is 12.7. The number of carboxylic acids is 1. The van der Waals surface area contributed by atoms with Gasteiger partial charge < -0.3 is 14.6 Å². The number of carbonyl (C=O) groups excluding carboxylic acids is 1. The molecule has 27 heavy (non-hydrogen) atoms. The molecule has 0 aliphatic carbocycles. The van der Waals surface area contributed by atoms with Crippen LogP contribution in [0.25, 0.3) is 0 Å². The van der Waals surface area contributed by atoms with Crippen LogP contribution in [0.15, 0.2) is 30.3 Å². The van der Waals surface area contributed by atoms with Crippen molar-refractivity contribution in [3.8, 4) is 0 Å². The van der Waals surface area contributed by atoms with Crippen molar-refractivity contribution in [1.82, 2.24) is 4.90 Å². The molecule has 1 heterocycles. The topological polar surface area (TPSA) is 76.1 Å². The van der Waals surface area contributed by atoms with Crippen LogP contribution in [0, 0.1) is 5.41 Å². The van der Waals surface area contributed by atoms with E-state index in [4.69, 9.17) is 9.47 Å². The van der Waals surface area contributed by atoms with E-state index in [-0.39, 0.29) is 24.7 Å². The van der Waals surface area contributed by atoms with Crippen LogP contribution in [0.2, 0.25) is 0 Å². The summed E-state index contributed by atoms with van der Waals surface area (Å²) >= 11 is 0. The molecular formula is C21H31NO5. The van der Waals surface area contributed by atoms with Gasteiger partial charge in [0.05, 0.1) is 19.8 Å². The van der Waals surface area contributed by atoms with Gasteiger partial charge in [0.2, 0.25) is 0 Å². The van der Waals surface area contributed by atoms with Gasteiger partial charge in [0.15, 0.2) is 5.54 Å².